The molecule has 0 saturated heterocycles. The maximum absolute atomic E-state index is 12.9. The van der Waals surface area contributed by atoms with Gasteiger partial charge in [0, 0.05) is 5.69 Å². The third-order valence-corrected chi connectivity index (χ3v) is 2.73. The molecular formula is C15H16FNO. The Balaban J connectivity index is 1.78. The summed E-state index contributed by atoms with van der Waals surface area (Å²) in [6.45, 7) is 0.995. The highest BCUT2D eigenvalue weighted by Crippen LogP contribution is 2.11. The summed E-state index contributed by atoms with van der Waals surface area (Å²) in [4.78, 5) is 0. The largest absolute Gasteiger partial charge is 0.399 e. The molecule has 18 heavy (non-hydrogen) atoms. The van der Waals surface area contributed by atoms with Crippen LogP contribution < -0.4 is 5.73 Å². The van der Waals surface area contributed by atoms with Gasteiger partial charge in [-0.25, -0.2) is 4.39 Å². The Morgan fingerprint density at radius 1 is 1.06 bits per heavy atom. The van der Waals surface area contributed by atoms with E-state index in [4.69, 9.17) is 10.5 Å². The van der Waals surface area contributed by atoms with Crippen LogP contribution in [0.25, 0.3) is 0 Å². The first kappa shape index (κ1) is 12.6. The second-order valence-electron chi connectivity index (χ2n) is 4.13. The molecule has 0 aliphatic rings. The fraction of sp³-hybridized carbons (Fsp3) is 0.200. The normalized spacial score (nSPS) is 10.5. The Labute approximate surface area is 106 Å². The number of halogens is 1. The molecule has 0 aromatic heterocycles. The van der Waals surface area contributed by atoms with Crippen LogP contribution in [0.1, 0.15) is 11.1 Å². The van der Waals surface area contributed by atoms with Gasteiger partial charge in [0.05, 0.1) is 13.2 Å². The third kappa shape index (κ3) is 3.57. The average Bonchev–Trinajstić information content (AvgIpc) is 2.37. The maximum atomic E-state index is 12.9. The Morgan fingerprint density at radius 3 is 2.67 bits per heavy atom. The van der Waals surface area contributed by atoms with Crippen LogP contribution in [0.15, 0.2) is 48.5 Å². The number of benzene rings is 2. The first-order chi connectivity index (χ1) is 8.75. The minimum absolute atomic E-state index is 0.233. The minimum Gasteiger partial charge on any atom is -0.399 e. The molecule has 0 unspecified atom stereocenters. The molecule has 0 fully saturated rings. The fourth-order valence-electron chi connectivity index (χ4n) is 1.76. The van der Waals surface area contributed by atoms with Gasteiger partial charge in [-0.1, -0.05) is 30.3 Å². The van der Waals surface area contributed by atoms with E-state index >= 15 is 0 Å². The standard InChI is InChI=1S/C15H16FNO/c16-14-6-3-4-12(10-14)11-18-9-8-13-5-1-2-7-15(13)17/h1-7,10H,8-9,11,17H2. The SMILES string of the molecule is Nc1ccccc1CCOCc1cccc(F)c1. The molecule has 0 amide bonds. The van der Waals surface area contributed by atoms with Gasteiger partial charge < -0.3 is 10.5 Å². The van der Waals surface area contributed by atoms with Crippen molar-refractivity contribution in [3.63, 3.8) is 0 Å². The Kier molecular flexibility index (Phi) is 4.31. The second kappa shape index (κ2) is 6.17. The fourth-order valence-corrected chi connectivity index (χ4v) is 1.76. The molecule has 2 aromatic rings. The van der Waals surface area contributed by atoms with Crippen LogP contribution in [-0.2, 0) is 17.8 Å². The molecule has 2 nitrogen and oxygen atoms in total. The first-order valence-electron chi connectivity index (χ1n) is 5.91. The lowest BCUT2D eigenvalue weighted by atomic mass is 10.1. The number of hydrogen-bond donors (Lipinski definition) is 1. The lowest BCUT2D eigenvalue weighted by molar-refractivity contribution is 0.123. The van der Waals surface area contributed by atoms with E-state index in [1.807, 2.05) is 30.3 Å². The van der Waals surface area contributed by atoms with Crippen molar-refractivity contribution in [3.8, 4) is 0 Å². The van der Waals surface area contributed by atoms with Crippen molar-refractivity contribution in [1.82, 2.24) is 0 Å². The van der Waals surface area contributed by atoms with E-state index in [0.717, 1.165) is 23.2 Å². The van der Waals surface area contributed by atoms with Gasteiger partial charge in [-0.2, -0.15) is 0 Å². The number of hydrogen-bond acceptors (Lipinski definition) is 2. The number of rotatable bonds is 5. The third-order valence-electron chi connectivity index (χ3n) is 2.73. The molecule has 0 bridgehead atoms. The summed E-state index contributed by atoms with van der Waals surface area (Å²) in [6, 6.07) is 14.2. The highest BCUT2D eigenvalue weighted by molar-refractivity contribution is 5.46. The van der Waals surface area contributed by atoms with E-state index in [-0.39, 0.29) is 5.82 Å². The molecule has 94 valence electrons. The van der Waals surface area contributed by atoms with Gasteiger partial charge in [0.25, 0.3) is 0 Å². The van der Waals surface area contributed by atoms with Crippen molar-refractivity contribution in [1.29, 1.82) is 0 Å². The number of nitrogen functional groups attached to an aromatic ring is 1. The van der Waals surface area contributed by atoms with Crippen LogP contribution in [0.4, 0.5) is 10.1 Å². The predicted octanol–water partition coefficient (Wildman–Crippen LogP) is 3.17. The van der Waals surface area contributed by atoms with Gasteiger partial charge in [-0.15, -0.1) is 0 Å². The summed E-state index contributed by atoms with van der Waals surface area (Å²) in [5.74, 6) is -0.233. The van der Waals surface area contributed by atoms with Crippen LogP contribution in [0.5, 0.6) is 0 Å². The van der Waals surface area contributed by atoms with Crippen molar-refractivity contribution in [2.45, 2.75) is 13.0 Å². The zero-order valence-corrected chi connectivity index (χ0v) is 10.1. The van der Waals surface area contributed by atoms with Gasteiger partial charge >= 0.3 is 0 Å². The molecule has 2 aromatic carbocycles. The summed E-state index contributed by atoms with van der Waals surface area (Å²) < 4.78 is 18.4. The van der Waals surface area contributed by atoms with Crippen molar-refractivity contribution in [3.05, 3.63) is 65.5 Å². The van der Waals surface area contributed by atoms with Crippen molar-refractivity contribution in [2.75, 3.05) is 12.3 Å². The number of ether oxygens (including phenoxy) is 1. The molecule has 0 radical (unpaired) electrons. The summed E-state index contributed by atoms with van der Waals surface area (Å²) in [7, 11) is 0. The molecule has 0 heterocycles. The average molecular weight is 245 g/mol. The molecular weight excluding hydrogens is 229 g/mol. The van der Waals surface area contributed by atoms with E-state index in [0.29, 0.717) is 13.2 Å². The van der Waals surface area contributed by atoms with Gasteiger partial charge in [-0.05, 0) is 35.7 Å². The van der Waals surface area contributed by atoms with Crippen LogP contribution in [0, 0.1) is 5.82 Å². The van der Waals surface area contributed by atoms with Crippen LogP contribution >= 0.6 is 0 Å². The van der Waals surface area contributed by atoms with Crippen LogP contribution in [0.3, 0.4) is 0 Å². The molecule has 2 rings (SSSR count). The summed E-state index contributed by atoms with van der Waals surface area (Å²) in [6.07, 6.45) is 0.766. The zero-order valence-electron chi connectivity index (χ0n) is 10.1. The van der Waals surface area contributed by atoms with Gasteiger partial charge in [-0.3, -0.25) is 0 Å². The number of para-hydroxylation sites is 1. The second-order valence-corrected chi connectivity index (χ2v) is 4.13. The van der Waals surface area contributed by atoms with Gasteiger partial charge in [0.2, 0.25) is 0 Å². The van der Waals surface area contributed by atoms with E-state index in [2.05, 4.69) is 0 Å². The zero-order chi connectivity index (χ0) is 12.8. The molecule has 2 N–H and O–H groups in total. The number of anilines is 1. The summed E-state index contributed by atoms with van der Waals surface area (Å²) in [5.41, 5.74) is 8.54. The van der Waals surface area contributed by atoms with Crippen molar-refractivity contribution in [2.24, 2.45) is 0 Å². The highest BCUT2D eigenvalue weighted by Gasteiger charge is 1.99. The van der Waals surface area contributed by atoms with Gasteiger partial charge in [0.1, 0.15) is 5.82 Å². The predicted molar refractivity (Wildman–Crippen MR) is 70.6 cm³/mol. The molecule has 3 heteroatoms. The first-order valence-corrected chi connectivity index (χ1v) is 5.91. The Morgan fingerprint density at radius 2 is 1.89 bits per heavy atom. The van der Waals surface area contributed by atoms with E-state index in [1.165, 1.54) is 12.1 Å². The molecule has 0 aliphatic heterocycles. The summed E-state index contributed by atoms with van der Waals surface area (Å²) >= 11 is 0. The molecule has 0 aliphatic carbocycles. The molecule has 0 atom stereocenters. The molecule has 0 saturated carbocycles. The Bertz CT molecular complexity index is 513. The lowest BCUT2D eigenvalue weighted by Gasteiger charge is -2.06. The number of nitrogens with two attached hydrogens (primary N) is 1. The van der Waals surface area contributed by atoms with Crippen molar-refractivity contribution >= 4 is 5.69 Å². The van der Waals surface area contributed by atoms with E-state index in [1.54, 1.807) is 6.07 Å². The smallest absolute Gasteiger partial charge is 0.123 e. The maximum Gasteiger partial charge on any atom is 0.123 e. The monoisotopic (exact) mass is 245 g/mol. The van der Waals surface area contributed by atoms with Crippen LogP contribution in [0.2, 0.25) is 0 Å². The van der Waals surface area contributed by atoms with E-state index < -0.39 is 0 Å². The highest BCUT2D eigenvalue weighted by atomic mass is 19.1. The Hall–Kier alpha value is -1.87. The van der Waals surface area contributed by atoms with Crippen LogP contribution in [-0.4, -0.2) is 6.61 Å². The molecule has 0 spiro atoms. The summed E-state index contributed by atoms with van der Waals surface area (Å²) in [5, 5.41) is 0. The topological polar surface area (TPSA) is 35.2 Å². The van der Waals surface area contributed by atoms with Gasteiger partial charge in [0.15, 0.2) is 0 Å². The van der Waals surface area contributed by atoms with Crippen molar-refractivity contribution < 1.29 is 9.13 Å². The van der Waals surface area contributed by atoms with E-state index in [9.17, 15) is 4.39 Å². The quantitative estimate of drug-likeness (QED) is 0.648. The minimum atomic E-state index is -0.233. The lowest BCUT2D eigenvalue weighted by Crippen LogP contribution is -2.01.